The molecule has 0 amide bonds. The van der Waals surface area contributed by atoms with Gasteiger partial charge in [-0.15, -0.1) is 0 Å². The Hall–Kier alpha value is -12.7. The van der Waals surface area contributed by atoms with Crippen LogP contribution in [-0.2, 0) is 13.0 Å². The third-order valence-electron chi connectivity index (χ3n) is 25.1. The summed E-state index contributed by atoms with van der Waals surface area (Å²) in [7, 11) is 12.8. The number of likely N-dealkylation sites (N-methyl/N-ethyl adjacent to an activating group) is 6. The van der Waals surface area contributed by atoms with Gasteiger partial charge in [0.15, 0.2) is 5.78 Å². The van der Waals surface area contributed by atoms with Crippen molar-refractivity contribution in [3.05, 3.63) is 358 Å². The van der Waals surface area contributed by atoms with Gasteiger partial charge in [-0.05, 0) is 159 Å². The van der Waals surface area contributed by atoms with Crippen LogP contribution in [-0.4, -0.2) is 247 Å². The molecule has 14 heterocycles. The monoisotopic (exact) mass is 1720 g/mol. The first-order valence-corrected chi connectivity index (χ1v) is 44.1. The standard InChI is InChI=1S/C17H18ClN3O.C17H18N4.C17H19N3O2.C17H17N3O.C17H21N3O.C17H19N3/c1-20-10-11-21(15(12-20)13-6-3-2-4-7-13)17-14(16(18)22)8-5-9-19-17;1-20-10-11-21(17-15(12-18)8-5-9-19-17)16(13-20)14-6-3-2-4-7-14;1-19-10-11-20(15(12-19)13-6-3-2-4-7-13)16-14(17(21)22)8-5-9-18-16;1-19-9-10-20-15(11-19)12-5-2-3-6-13(12)16(21)14-7-4-8-18-17(14)20;1-19-10-11-20(17-15(13-21)8-5-9-18-17)16(12-19)14-6-3-2-4-7-14;1-19-9-10-20-16(12-19)15-7-3-2-5-13(15)11-14-6-4-8-18-17(14)20/h2-9,15H,10-12H2,1H3;2-9,16H,10-11,13H2,1H3;2-9,15H,10-12H2,1H3,(H,21,22);2-8,15H,9-11H2,1H3;2-9,16,21H,10-13H2,1H3;2-8,16H,9-12H2,1H3. The van der Waals surface area contributed by atoms with Gasteiger partial charge in [-0.25, -0.2) is 34.7 Å². The quantitative estimate of drug-likeness (QED) is 0.115. The van der Waals surface area contributed by atoms with Gasteiger partial charge in [-0.2, -0.15) is 5.26 Å². The number of halogens is 1. The third-order valence-corrected chi connectivity index (χ3v) is 25.3. The zero-order valence-corrected chi connectivity index (χ0v) is 73.9. The molecule has 20 rings (SSSR count). The molecule has 0 saturated carbocycles. The summed E-state index contributed by atoms with van der Waals surface area (Å²) >= 11 is 5.73. The minimum absolute atomic E-state index is 0.0248. The summed E-state index contributed by atoms with van der Waals surface area (Å²) in [6.07, 6.45) is 11.6. The second-order valence-corrected chi connectivity index (χ2v) is 33.9. The minimum Gasteiger partial charge on any atom is -0.478 e. The van der Waals surface area contributed by atoms with Crippen molar-refractivity contribution in [1.82, 2.24) is 59.3 Å². The maximum Gasteiger partial charge on any atom is 0.339 e. The summed E-state index contributed by atoms with van der Waals surface area (Å²) in [5.74, 6) is 4.09. The molecule has 6 atom stereocenters. The van der Waals surface area contributed by atoms with Gasteiger partial charge >= 0.3 is 5.97 Å². The van der Waals surface area contributed by atoms with Crippen LogP contribution in [0.5, 0.6) is 0 Å². The lowest BCUT2D eigenvalue weighted by atomic mass is 9.95. The van der Waals surface area contributed by atoms with Crippen LogP contribution in [0.2, 0.25) is 0 Å². The molecule has 6 aromatic heterocycles. The first-order valence-electron chi connectivity index (χ1n) is 43.7. The van der Waals surface area contributed by atoms with Gasteiger partial charge in [0.05, 0.1) is 59.5 Å². The summed E-state index contributed by atoms with van der Waals surface area (Å²) in [5, 5.41) is 27.9. The van der Waals surface area contributed by atoms with Gasteiger partial charge < -0.3 is 69.0 Å². The van der Waals surface area contributed by atoms with Crippen LogP contribution in [0.4, 0.5) is 34.9 Å². The SMILES string of the molecule is CN1CCN(c2ncccc2C#N)C(c2ccccc2)C1.CN1CCN(c2ncccc2C(=O)Cl)C(c2ccccc2)C1.CN1CCN(c2ncccc2C(=O)O)C(c2ccccc2)C1.CN1CCN(c2ncccc2CO)C(c2ccccc2)C1.CN1CCN2c3ncccc3C(=O)c3ccccc3C2C1.CN1CCN2c3ncccc3Cc3ccccc3C2C1. The molecule has 0 radical (unpaired) electrons. The number of hydrogen-bond donors (Lipinski definition) is 2. The number of rotatable bonds is 11. The first-order chi connectivity index (χ1) is 62.0. The van der Waals surface area contributed by atoms with Crippen LogP contribution in [0.15, 0.2) is 280 Å². The summed E-state index contributed by atoms with van der Waals surface area (Å²) < 4.78 is 0. The van der Waals surface area contributed by atoms with E-state index >= 15 is 0 Å². The van der Waals surface area contributed by atoms with Crippen LogP contribution < -0.4 is 29.4 Å². The van der Waals surface area contributed by atoms with Crippen molar-refractivity contribution in [3.8, 4) is 6.07 Å². The van der Waals surface area contributed by atoms with Gasteiger partial charge in [0.2, 0.25) is 0 Å². The zero-order chi connectivity index (χ0) is 88.3. The lowest BCUT2D eigenvalue weighted by Crippen LogP contribution is -2.47. The number of benzene rings is 6. The minimum atomic E-state index is -0.936. The predicted molar refractivity (Wildman–Crippen MR) is 504 cm³/mol. The average Bonchev–Trinajstić information content (AvgIpc) is 1.57. The number of fused-ring (bicyclic) bond motifs is 10. The molecule has 6 fully saturated rings. The Bertz CT molecular complexity index is 5590. The number of nitrogens with zero attached hydrogens (tertiary/aromatic N) is 19. The highest BCUT2D eigenvalue weighted by Crippen LogP contribution is 2.42. The Kier molecular flexibility index (Phi) is 29.9. The highest BCUT2D eigenvalue weighted by Gasteiger charge is 2.39. The normalized spacial score (nSPS) is 20.0. The van der Waals surface area contributed by atoms with E-state index in [0.29, 0.717) is 28.8 Å². The maximum atomic E-state index is 12.9. The molecule has 6 saturated heterocycles. The van der Waals surface area contributed by atoms with E-state index in [0.717, 1.165) is 164 Å². The third kappa shape index (κ3) is 21.2. The number of pyridine rings is 6. The van der Waals surface area contributed by atoms with Crippen LogP contribution in [0.25, 0.3) is 0 Å². The van der Waals surface area contributed by atoms with E-state index in [-0.39, 0.29) is 48.2 Å². The number of nitriles is 1. The summed E-state index contributed by atoms with van der Waals surface area (Å²) in [4.78, 5) is 90.6. The number of carboxylic acid groups (broad SMARTS) is 1. The molecule has 127 heavy (non-hydrogen) atoms. The van der Waals surface area contributed by atoms with E-state index in [1.54, 1.807) is 55.2 Å². The predicted octanol–water partition coefficient (Wildman–Crippen LogP) is 14.3. The highest BCUT2D eigenvalue weighted by atomic mass is 35.5. The fraction of sp³-hybridized carbons (Fsp3) is 0.314. The number of aliphatic hydroxyl groups is 1. The highest BCUT2D eigenvalue weighted by molar-refractivity contribution is 6.68. The summed E-state index contributed by atoms with van der Waals surface area (Å²) in [6, 6.07) is 84.2. The average molecular weight is 1720 g/mol. The van der Waals surface area contributed by atoms with Crippen molar-refractivity contribution in [2.24, 2.45) is 0 Å². The van der Waals surface area contributed by atoms with Gasteiger partial charge in [0.1, 0.15) is 46.5 Å². The molecule has 12 aromatic rings. The van der Waals surface area contributed by atoms with Crippen LogP contribution in [0, 0.1) is 11.3 Å². The molecule has 6 aromatic carbocycles. The lowest BCUT2D eigenvalue weighted by molar-refractivity contribution is 0.0696. The van der Waals surface area contributed by atoms with E-state index in [2.05, 4.69) is 252 Å². The van der Waals surface area contributed by atoms with Crippen molar-refractivity contribution in [2.45, 2.75) is 49.3 Å². The van der Waals surface area contributed by atoms with Gasteiger partial charge in [-0.3, -0.25) is 9.59 Å². The second-order valence-electron chi connectivity index (χ2n) is 33.6. The first kappa shape index (κ1) is 89.2. The van der Waals surface area contributed by atoms with Crippen LogP contribution in [0.1, 0.15) is 129 Å². The smallest absolute Gasteiger partial charge is 0.339 e. The number of aliphatic hydroxyl groups excluding tert-OH is 1. The maximum absolute atomic E-state index is 12.9. The number of piperazine rings is 6. The number of carboxylic acids is 1. The summed E-state index contributed by atoms with van der Waals surface area (Å²) in [6.45, 7) is 16.9. The van der Waals surface area contributed by atoms with Gasteiger partial charge in [-0.1, -0.05) is 182 Å². The van der Waals surface area contributed by atoms with E-state index in [1.807, 2.05) is 109 Å². The van der Waals surface area contributed by atoms with Crippen molar-refractivity contribution in [3.63, 3.8) is 0 Å². The number of hydrogen-bond acceptors (Lipinski definition) is 23. The Morgan fingerprint density at radius 2 is 0.669 bits per heavy atom. The van der Waals surface area contributed by atoms with Gasteiger partial charge in [0.25, 0.3) is 5.24 Å². The number of aromatic nitrogens is 6. The number of ketones is 1. The number of anilines is 6. The molecule has 24 nitrogen and oxygen atoms in total. The number of aromatic carboxylic acids is 1. The zero-order valence-electron chi connectivity index (χ0n) is 73.2. The topological polar surface area (TPSA) is 232 Å². The Morgan fingerprint density at radius 1 is 0.346 bits per heavy atom. The molecule has 6 unspecified atom stereocenters. The van der Waals surface area contributed by atoms with E-state index < -0.39 is 11.2 Å². The second kappa shape index (κ2) is 42.5. The fourth-order valence-corrected chi connectivity index (χ4v) is 18.7. The molecular formula is C102H112ClN19O5. The van der Waals surface area contributed by atoms with Crippen molar-refractivity contribution in [1.29, 1.82) is 5.26 Å². The molecule has 652 valence electrons. The van der Waals surface area contributed by atoms with E-state index in [1.165, 1.54) is 44.8 Å². The fourth-order valence-electron chi connectivity index (χ4n) is 18.5. The van der Waals surface area contributed by atoms with E-state index in [4.69, 9.17) is 11.6 Å². The molecule has 0 spiro atoms. The van der Waals surface area contributed by atoms with Crippen LogP contribution >= 0.6 is 11.6 Å². The molecule has 8 aliphatic rings. The molecule has 25 heteroatoms. The summed E-state index contributed by atoms with van der Waals surface area (Å²) in [5.41, 5.74) is 14.1. The van der Waals surface area contributed by atoms with Crippen molar-refractivity contribution in [2.75, 3.05) is 189 Å². The molecule has 0 bridgehead atoms. The Morgan fingerprint density at radius 3 is 1.13 bits per heavy atom. The molecule has 2 N–H and O–H groups in total. The van der Waals surface area contributed by atoms with Crippen molar-refractivity contribution >= 4 is 63.5 Å². The Labute approximate surface area is 750 Å². The van der Waals surface area contributed by atoms with Gasteiger partial charge in [0, 0.05) is 173 Å². The largest absolute Gasteiger partial charge is 0.478 e. The number of carbonyl (C=O) groups is 3. The van der Waals surface area contributed by atoms with E-state index in [9.17, 15) is 29.9 Å². The molecular weight excluding hydrogens is 1610 g/mol. The molecule has 8 aliphatic heterocycles. The lowest BCUT2D eigenvalue weighted by Gasteiger charge is -2.41. The van der Waals surface area contributed by atoms with Crippen molar-refractivity contribution < 1.29 is 24.6 Å². The van der Waals surface area contributed by atoms with Crippen LogP contribution in [0.3, 0.4) is 0 Å². The molecule has 0 aliphatic carbocycles. The Balaban J connectivity index is 0.000000117. The number of carbonyl (C=O) groups excluding carboxylic acids is 2.